The van der Waals surface area contributed by atoms with Crippen molar-refractivity contribution in [3.8, 4) is 11.1 Å². The molecule has 0 saturated heterocycles. The van der Waals surface area contributed by atoms with Crippen LogP contribution in [-0.4, -0.2) is 0 Å². The average Bonchev–Trinajstić information content (AvgIpc) is 2.77. The fourth-order valence-corrected chi connectivity index (χ4v) is 4.23. The van der Waals surface area contributed by atoms with Gasteiger partial charge in [-0.25, -0.2) is 0 Å². The molecule has 0 amide bonds. The van der Waals surface area contributed by atoms with E-state index in [2.05, 4.69) is 93.5 Å². The minimum atomic E-state index is 0.0582. The van der Waals surface area contributed by atoms with E-state index in [1.54, 1.807) is 0 Å². The molecule has 0 unspecified atom stereocenters. The van der Waals surface area contributed by atoms with Gasteiger partial charge in [0.2, 0.25) is 0 Å². The first kappa shape index (κ1) is 21.7. The second kappa shape index (κ2) is 6.80. The molecule has 0 radical (unpaired) electrons. The van der Waals surface area contributed by atoms with Crippen molar-refractivity contribution in [3.63, 3.8) is 0 Å². The Morgan fingerprint density at radius 2 is 0.889 bits per heavy atom. The van der Waals surface area contributed by atoms with E-state index in [0.717, 1.165) is 0 Å². The molecule has 0 heteroatoms. The van der Waals surface area contributed by atoms with Gasteiger partial charge in [-0.3, -0.25) is 0 Å². The van der Waals surface area contributed by atoms with Crippen molar-refractivity contribution in [2.45, 2.75) is 99.3 Å². The van der Waals surface area contributed by atoms with E-state index in [4.69, 9.17) is 0 Å². The van der Waals surface area contributed by atoms with Crippen molar-refractivity contribution in [1.29, 1.82) is 0 Å². The number of aryl methyl sites for hydroxylation is 2. The van der Waals surface area contributed by atoms with Crippen molar-refractivity contribution in [2.24, 2.45) is 0 Å². The van der Waals surface area contributed by atoms with Crippen molar-refractivity contribution < 1.29 is 0 Å². The van der Waals surface area contributed by atoms with Gasteiger partial charge < -0.3 is 0 Å². The fourth-order valence-electron chi connectivity index (χ4n) is 4.23. The SMILES string of the molecule is CC.Cc1cc(C(C)(C)C)cc2c1-c1c(C)cc(C(C)(C)C)cc1C2(C)C. The highest BCUT2D eigenvalue weighted by Crippen LogP contribution is 2.53. The molecule has 0 N–H and O–H groups in total. The van der Waals surface area contributed by atoms with Gasteiger partial charge in [0, 0.05) is 5.41 Å². The zero-order valence-corrected chi connectivity index (χ0v) is 19.8. The summed E-state index contributed by atoms with van der Waals surface area (Å²) in [5.41, 5.74) is 12.1. The van der Waals surface area contributed by atoms with Crippen molar-refractivity contribution in [3.05, 3.63) is 57.6 Å². The van der Waals surface area contributed by atoms with E-state index in [0.29, 0.717) is 0 Å². The lowest BCUT2D eigenvalue weighted by Crippen LogP contribution is -2.19. The van der Waals surface area contributed by atoms with Gasteiger partial charge in [0.05, 0.1) is 0 Å². The Morgan fingerprint density at radius 3 is 1.15 bits per heavy atom. The standard InChI is InChI=1S/C25H34.C2H6/c1-15-11-17(23(3,4)5)13-19-21(15)22-16(2)12-18(24(6,7)8)14-20(22)25(19,9)10;1-2/h11-14H,1-10H3;1-2H3. The van der Waals surface area contributed by atoms with Gasteiger partial charge in [0.15, 0.2) is 0 Å². The van der Waals surface area contributed by atoms with E-state index >= 15 is 0 Å². The number of rotatable bonds is 0. The molecule has 0 aromatic heterocycles. The highest BCUT2D eigenvalue weighted by atomic mass is 14.4. The van der Waals surface area contributed by atoms with Gasteiger partial charge in [-0.05, 0) is 69.2 Å². The van der Waals surface area contributed by atoms with Crippen LogP contribution in [0.5, 0.6) is 0 Å². The van der Waals surface area contributed by atoms with Gasteiger partial charge in [0.1, 0.15) is 0 Å². The number of fused-ring (bicyclic) bond motifs is 3. The summed E-state index contributed by atoms with van der Waals surface area (Å²) in [6.45, 7) is 27.2. The third-order valence-corrected chi connectivity index (χ3v) is 6.00. The Morgan fingerprint density at radius 1 is 0.593 bits per heavy atom. The Labute approximate surface area is 168 Å². The second-order valence-electron chi connectivity index (χ2n) is 10.6. The molecular weight excluding hydrogens is 324 g/mol. The predicted molar refractivity (Wildman–Crippen MR) is 122 cm³/mol. The van der Waals surface area contributed by atoms with E-state index in [1.165, 1.54) is 44.5 Å². The van der Waals surface area contributed by atoms with Gasteiger partial charge >= 0.3 is 0 Å². The lowest BCUT2D eigenvalue weighted by Gasteiger charge is -2.27. The quantitative estimate of drug-likeness (QED) is 0.441. The highest BCUT2D eigenvalue weighted by molar-refractivity contribution is 5.86. The normalized spacial score (nSPS) is 15.0. The minimum absolute atomic E-state index is 0.0582. The zero-order chi connectivity index (χ0) is 20.9. The molecule has 148 valence electrons. The molecule has 0 spiro atoms. The highest BCUT2D eigenvalue weighted by Gasteiger charge is 2.39. The maximum Gasteiger partial charge on any atom is 0.0159 e. The monoisotopic (exact) mass is 364 g/mol. The van der Waals surface area contributed by atoms with Crippen LogP contribution < -0.4 is 0 Å². The van der Waals surface area contributed by atoms with Crippen molar-refractivity contribution in [2.75, 3.05) is 0 Å². The topological polar surface area (TPSA) is 0 Å². The lowest BCUT2D eigenvalue weighted by molar-refractivity contribution is 0.579. The molecule has 0 saturated carbocycles. The summed E-state index contributed by atoms with van der Waals surface area (Å²) >= 11 is 0. The van der Waals surface area contributed by atoms with Crippen LogP contribution in [0.1, 0.15) is 103 Å². The molecule has 2 aromatic carbocycles. The summed E-state index contributed by atoms with van der Waals surface area (Å²) in [6, 6.07) is 9.75. The van der Waals surface area contributed by atoms with E-state index in [9.17, 15) is 0 Å². The molecular formula is C27H40. The van der Waals surface area contributed by atoms with Crippen LogP contribution in [0.2, 0.25) is 0 Å². The number of benzene rings is 2. The average molecular weight is 365 g/mol. The summed E-state index contributed by atoms with van der Waals surface area (Å²) in [6.07, 6.45) is 0. The van der Waals surface area contributed by atoms with Crippen molar-refractivity contribution >= 4 is 0 Å². The molecule has 2 aromatic rings. The first-order chi connectivity index (χ1) is 12.2. The molecule has 1 aliphatic rings. The summed E-state index contributed by atoms with van der Waals surface area (Å²) in [5.74, 6) is 0. The molecule has 3 rings (SSSR count). The zero-order valence-electron chi connectivity index (χ0n) is 19.8. The summed E-state index contributed by atoms with van der Waals surface area (Å²) in [5, 5.41) is 0. The van der Waals surface area contributed by atoms with Crippen molar-refractivity contribution in [1.82, 2.24) is 0 Å². The Hall–Kier alpha value is -1.56. The molecule has 0 nitrogen and oxygen atoms in total. The molecule has 0 atom stereocenters. The number of hydrogen-bond acceptors (Lipinski definition) is 0. The third-order valence-electron chi connectivity index (χ3n) is 6.00. The second-order valence-corrected chi connectivity index (χ2v) is 10.6. The van der Waals surface area contributed by atoms with Crippen LogP contribution in [0.15, 0.2) is 24.3 Å². The van der Waals surface area contributed by atoms with Gasteiger partial charge in [0.25, 0.3) is 0 Å². The van der Waals surface area contributed by atoms with Gasteiger partial charge in [-0.2, -0.15) is 0 Å². The molecule has 0 heterocycles. The van der Waals surface area contributed by atoms with Crippen LogP contribution in [0.3, 0.4) is 0 Å². The predicted octanol–water partition coefficient (Wildman–Crippen LogP) is 8.23. The molecule has 1 aliphatic carbocycles. The van der Waals surface area contributed by atoms with Gasteiger partial charge in [-0.15, -0.1) is 0 Å². The Bertz CT molecular complexity index is 778. The van der Waals surface area contributed by atoms with Crippen LogP contribution in [0, 0.1) is 13.8 Å². The molecule has 0 bridgehead atoms. The van der Waals surface area contributed by atoms with Crippen LogP contribution in [0.25, 0.3) is 11.1 Å². The fraction of sp³-hybridized carbons (Fsp3) is 0.556. The molecule has 27 heavy (non-hydrogen) atoms. The van der Waals surface area contributed by atoms with E-state index < -0.39 is 0 Å². The Kier molecular flexibility index (Phi) is 5.47. The summed E-state index contributed by atoms with van der Waals surface area (Å²) in [7, 11) is 0. The van der Waals surface area contributed by atoms with Crippen LogP contribution in [0.4, 0.5) is 0 Å². The summed E-state index contributed by atoms with van der Waals surface area (Å²) < 4.78 is 0. The molecule has 0 fully saturated rings. The lowest BCUT2D eigenvalue weighted by atomic mass is 9.77. The molecule has 0 aliphatic heterocycles. The van der Waals surface area contributed by atoms with Crippen LogP contribution in [-0.2, 0) is 16.2 Å². The first-order valence-electron chi connectivity index (χ1n) is 10.6. The smallest absolute Gasteiger partial charge is 0.0159 e. The third kappa shape index (κ3) is 3.60. The number of hydrogen-bond donors (Lipinski definition) is 0. The maximum absolute atomic E-state index is 2.47. The van der Waals surface area contributed by atoms with Gasteiger partial charge in [-0.1, -0.05) is 93.5 Å². The Balaban J connectivity index is 0.00000126. The summed E-state index contributed by atoms with van der Waals surface area (Å²) in [4.78, 5) is 0. The maximum atomic E-state index is 2.47. The van der Waals surface area contributed by atoms with E-state index in [1.807, 2.05) is 13.8 Å². The largest absolute Gasteiger partial charge is 0.0683 e. The first-order valence-corrected chi connectivity index (χ1v) is 10.6. The van der Waals surface area contributed by atoms with Crippen LogP contribution >= 0.6 is 0 Å². The minimum Gasteiger partial charge on any atom is -0.0683 e. The van der Waals surface area contributed by atoms with E-state index in [-0.39, 0.29) is 16.2 Å².